The Morgan fingerprint density at radius 2 is 2.00 bits per heavy atom. The van der Waals surface area contributed by atoms with Crippen molar-refractivity contribution in [2.24, 2.45) is 0 Å². The first kappa shape index (κ1) is 16.1. The number of carbonyl (C=O) groups excluding carboxylic acids is 1. The van der Waals surface area contributed by atoms with E-state index in [1.54, 1.807) is 0 Å². The third kappa shape index (κ3) is 2.85. The van der Waals surface area contributed by atoms with Gasteiger partial charge in [0, 0.05) is 30.3 Å². The number of aromatic nitrogens is 3. The maximum atomic E-state index is 13.1. The van der Waals surface area contributed by atoms with Gasteiger partial charge in [0.1, 0.15) is 10.3 Å². The minimum Gasteiger partial charge on any atom is -0.335 e. The minimum atomic E-state index is 0.0739. The van der Waals surface area contributed by atoms with Crippen LogP contribution in [0.15, 0.2) is 16.7 Å². The van der Waals surface area contributed by atoms with Gasteiger partial charge in [0.2, 0.25) is 0 Å². The van der Waals surface area contributed by atoms with Crippen molar-refractivity contribution in [1.29, 1.82) is 0 Å². The Kier molecular flexibility index (Phi) is 4.33. The molecule has 4 rings (SSSR count). The smallest absolute Gasteiger partial charge is 0.272 e. The lowest BCUT2D eigenvalue weighted by atomic mass is 9.82. The van der Waals surface area contributed by atoms with Crippen LogP contribution in [0.4, 0.5) is 0 Å². The first-order valence-corrected chi connectivity index (χ1v) is 9.80. The summed E-state index contributed by atoms with van der Waals surface area (Å²) in [7, 11) is 0. The summed E-state index contributed by atoms with van der Waals surface area (Å²) < 4.78 is 2.67. The summed E-state index contributed by atoms with van der Waals surface area (Å²) >= 11 is 3.44. The van der Waals surface area contributed by atoms with Crippen LogP contribution in [0.25, 0.3) is 5.65 Å². The molecule has 2 aromatic heterocycles. The van der Waals surface area contributed by atoms with E-state index in [9.17, 15) is 4.79 Å². The van der Waals surface area contributed by atoms with Crippen molar-refractivity contribution in [2.45, 2.75) is 63.8 Å². The normalized spacial score (nSPS) is 22.4. The van der Waals surface area contributed by atoms with Gasteiger partial charge >= 0.3 is 0 Å². The lowest BCUT2D eigenvalue weighted by Gasteiger charge is -2.29. The largest absolute Gasteiger partial charge is 0.335 e. The zero-order valence-electron chi connectivity index (χ0n) is 14.0. The second-order valence-electron chi connectivity index (χ2n) is 7.13. The maximum Gasteiger partial charge on any atom is 0.272 e. The highest BCUT2D eigenvalue weighted by Gasteiger charge is 2.28. The number of hydrogen-bond acceptors (Lipinski definition) is 3. The SMILES string of the molecule is CC1CCCCCN1C(=O)c1cc(C2CCC2)n2nc(Br)cc2n1. The summed E-state index contributed by atoms with van der Waals surface area (Å²) in [6.07, 6.45) is 8.19. The molecule has 1 aliphatic carbocycles. The molecule has 0 N–H and O–H groups in total. The maximum absolute atomic E-state index is 13.1. The fourth-order valence-corrected chi connectivity index (χ4v) is 4.16. The van der Waals surface area contributed by atoms with Gasteiger partial charge in [0.15, 0.2) is 5.65 Å². The number of carbonyl (C=O) groups is 1. The lowest BCUT2D eigenvalue weighted by Crippen LogP contribution is -2.38. The van der Waals surface area contributed by atoms with E-state index in [-0.39, 0.29) is 5.91 Å². The van der Waals surface area contributed by atoms with Crippen LogP contribution in [0.3, 0.4) is 0 Å². The van der Waals surface area contributed by atoms with E-state index in [1.807, 2.05) is 21.5 Å². The van der Waals surface area contributed by atoms with E-state index in [4.69, 9.17) is 0 Å². The second-order valence-corrected chi connectivity index (χ2v) is 7.94. The van der Waals surface area contributed by atoms with Crippen molar-refractivity contribution in [3.63, 3.8) is 0 Å². The number of fused-ring (bicyclic) bond motifs is 1. The van der Waals surface area contributed by atoms with Crippen LogP contribution in [0.5, 0.6) is 0 Å². The molecule has 1 saturated heterocycles. The Labute approximate surface area is 150 Å². The number of nitrogens with zero attached hydrogens (tertiary/aromatic N) is 4. The molecular formula is C18H23BrN4O. The molecule has 0 radical (unpaired) electrons. The van der Waals surface area contributed by atoms with Gasteiger partial charge in [-0.2, -0.15) is 5.10 Å². The first-order chi connectivity index (χ1) is 11.6. The predicted molar refractivity (Wildman–Crippen MR) is 96.2 cm³/mol. The lowest BCUT2D eigenvalue weighted by molar-refractivity contribution is 0.0691. The molecule has 1 unspecified atom stereocenters. The molecular weight excluding hydrogens is 368 g/mol. The Morgan fingerprint density at radius 3 is 2.75 bits per heavy atom. The molecule has 2 aliphatic rings. The quantitative estimate of drug-likeness (QED) is 0.772. The summed E-state index contributed by atoms with van der Waals surface area (Å²) in [5, 5.41) is 4.50. The van der Waals surface area contributed by atoms with Gasteiger partial charge in [-0.05, 0) is 54.6 Å². The van der Waals surface area contributed by atoms with E-state index in [0.717, 1.165) is 35.3 Å². The van der Waals surface area contributed by atoms with Crippen LogP contribution in [-0.2, 0) is 0 Å². The molecule has 0 aromatic carbocycles. The predicted octanol–water partition coefficient (Wildman–Crippen LogP) is 4.16. The molecule has 1 atom stereocenters. The molecule has 1 aliphatic heterocycles. The topological polar surface area (TPSA) is 50.5 Å². The number of amides is 1. The average molecular weight is 391 g/mol. The molecule has 2 aromatic rings. The van der Waals surface area contributed by atoms with Crippen LogP contribution < -0.4 is 0 Å². The van der Waals surface area contributed by atoms with E-state index in [1.165, 1.54) is 32.1 Å². The monoisotopic (exact) mass is 390 g/mol. The van der Waals surface area contributed by atoms with Gasteiger partial charge in [-0.15, -0.1) is 0 Å². The number of hydrogen-bond donors (Lipinski definition) is 0. The fourth-order valence-electron chi connectivity index (χ4n) is 3.80. The van der Waals surface area contributed by atoms with Crippen LogP contribution in [0.1, 0.15) is 74.0 Å². The van der Waals surface area contributed by atoms with Crippen LogP contribution >= 0.6 is 15.9 Å². The molecule has 0 spiro atoms. The molecule has 1 amide bonds. The van der Waals surface area contributed by atoms with Gasteiger partial charge in [-0.25, -0.2) is 9.50 Å². The summed E-state index contributed by atoms with van der Waals surface area (Å²) in [4.78, 5) is 19.7. The average Bonchev–Trinajstić information content (AvgIpc) is 2.75. The van der Waals surface area contributed by atoms with Crippen LogP contribution in [-0.4, -0.2) is 38.0 Å². The highest BCUT2D eigenvalue weighted by Crippen LogP contribution is 2.37. The van der Waals surface area contributed by atoms with Gasteiger partial charge in [-0.3, -0.25) is 4.79 Å². The molecule has 6 heteroatoms. The fraction of sp³-hybridized carbons (Fsp3) is 0.611. The highest BCUT2D eigenvalue weighted by atomic mass is 79.9. The molecule has 128 valence electrons. The Balaban J connectivity index is 1.74. The van der Waals surface area contributed by atoms with E-state index >= 15 is 0 Å². The van der Waals surface area contributed by atoms with Crippen molar-refractivity contribution in [1.82, 2.24) is 19.5 Å². The zero-order chi connectivity index (χ0) is 16.7. The van der Waals surface area contributed by atoms with E-state index < -0.39 is 0 Å². The Hall–Kier alpha value is -1.43. The number of halogens is 1. The first-order valence-electron chi connectivity index (χ1n) is 9.00. The van der Waals surface area contributed by atoms with Crippen LogP contribution in [0.2, 0.25) is 0 Å². The summed E-state index contributed by atoms with van der Waals surface area (Å²) in [5.74, 6) is 0.570. The summed E-state index contributed by atoms with van der Waals surface area (Å²) in [6, 6.07) is 4.17. The second kappa shape index (κ2) is 6.47. The highest BCUT2D eigenvalue weighted by molar-refractivity contribution is 9.10. The van der Waals surface area contributed by atoms with Crippen molar-refractivity contribution in [3.05, 3.63) is 28.1 Å². The zero-order valence-corrected chi connectivity index (χ0v) is 15.6. The van der Waals surface area contributed by atoms with E-state index in [0.29, 0.717) is 17.7 Å². The Morgan fingerprint density at radius 1 is 1.17 bits per heavy atom. The molecule has 5 nitrogen and oxygen atoms in total. The molecule has 24 heavy (non-hydrogen) atoms. The standard InChI is InChI=1S/C18H23BrN4O/c1-12-6-3-2-4-9-22(12)18(24)14-10-15(13-7-5-8-13)23-17(20-14)11-16(19)21-23/h10-13H,2-9H2,1H3. The van der Waals surface area contributed by atoms with Crippen molar-refractivity contribution >= 4 is 27.5 Å². The molecule has 3 heterocycles. The summed E-state index contributed by atoms with van der Waals surface area (Å²) in [6.45, 7) is 3.00. The third-order valence-corrected chi connectivity index (χ3v) is 5.87. The summed E-state index contributed by atoms with van der Waals surface area (Å²) in [5.41, 5.74) is 2.46. The van der Waals surface area contributed by atoms with Crippen molar-refractivity contribution < 1.29 is 4.79 Å². The third-order valence-electron chi connectivity index (χ3n) is 5.48. The van der Waals surface area contributed by atoms with E-state index in [2.05, 4.69) is 32.9 Å². The van der Waals surface area contributed by atoms with Crippen molar-refractivity contribution in [2.75, 3.05) is 6.54 Å². The minimum absolute atomic E-state index is 0.0739. The molecule has 0 bridgehead atoms. The van der Waals surface area contributed by atoms with Crippen molar-refractivity contribution in [3.8, 4) is 0 Å². The molecule has 2 fully saturated rings. The number of likely N-dealkylation sites (tertiary alicyclic amines) is 1. The van der Waals surface area contributed by atoms with Gasteiger partial charge < -0.3 is 4.90 Å². The Bertz CT molecular complexity index is 768. The van der Waals surface area contributed by atoms with Gasteiger partial charge in [0.05, 0.1) is 0 Å². The van der Waals surface area contributed by atoms with Gasteiger partial charge in [-0.1, -0.05) is 19.3 Å². The van der Waals surface area contributed by atoms with Crippen LogP contribution in [0, 0.1) is 0 Å². The van der Waals surface area contributed by atoms with Gasteiger partial charge in [0.25, 0.3) is 5.91 Å². The number of rotatable bonds is 2. The molecule has 1 saturated carbocycles.